The molecule has 0 saturated carbocycles. The second kappa shape index (κ2) is 9.58. The number of rotatable bonds is 8. The zero-order valence-electron chi connectivity index (χ0n) is 17.6. The molecule has 1 aromatic carbocycles. The molecule has 2 N–H and O–H groups in total. The van der Waals surface area contributed by atoms with Crippen molar-refractivity contribution in [2.75, 3.05) is 6.61 Å². The molecule has 0 radical (unpaired) electrons. The molecule has 31 heavy (non-hydrogen) atoms. The van der Waals surface area contributed by atoms with E-state index in [1.807, 2.05) is 32.0 Å². The Hall–Kier alpha value is -2.77. The van der Waals surface area contributed by atoms with Gasteiger partial charge in [-0.2, -0.15) is 13.2 Å². The lowest BCUT2D eigenvalue weighted by atomic mass is 9.90. The van der Waals surface area contributed by atoms with Crippen LogP contribution < -0.4 is 10.1 Å². The van der Waals surface area contributed by atoms with E-state index < -0.39 is 24.6 Å². The van der Waals surface area contributed by atoms with Crippen molar-refractivity contribution in [2.45, 2.75) is 51.9 Å². The standard InChI is InChI=1S/C23H27F3N2O3/c1-14(2)9-21(31-18-5-4-17(12-27)19(11-18)23(24,25)26)22(29)28-13-15-3-6-20-16(10-15)7-8-30-20/h3-6,10,12,14,19,21,27H,7-9,11,13H2,1-2H3,(H,28,29). The number of alkyl halides is 3. The molecule has 1 aliphatic carbocycles. The zero-order valence-corrected chi connectivity index (χ0v) is 17.6. The van der Waals surface area contributed by atoms with Crippen LogP contribution in [0.15, 0.2) is 41.7 Å². The average Bonchev–Trinajstić information content (AvgIpc) is 3.18. The van der Waals surface area contributed by atoms with E-state index >= 15 is 0 Å². The maximum absolute atomic E-state index is 13.3. The highest BCUT2D eigenvalue weighted by molar-refractivity contribution is 5.81. The summed E-state index contributed by atoms with van der Waals surface area (Å²) in [5.41, 5.74) is 1.90. The molecular formula is C23H27F3N2O3. The number of fused-ring (bicyclic) bond motifs is 1. The van der Waals surface area contributed by atoms with Crippen molar-refractivity contribution in [3.8, 4) is 5.75 Å². The van der Waals surface area contributed by atoms with Gasteiger partial charge < -0.3 is 20.2 Å². The summed E-state index contributed by atoms with van der Waals surface area (Å²) in [5.74, 6) is -1.10. The first-order valence-electron chi connectivity index (χ1n) is 10.3. The van der Waals surface area contributed by atoms with Crippen molar-refractivity contribution in [3.05, 3.63) is 52.8 Å². The molecular weight excluding hydrogens is 409 g/mol. The normalized spacial score (nSPS) is 19.1. The second-order valence-corrected chi connectivity index (χ2v) is 8.24. The largest absolute Gasteiger partial charge is 0.493 e. The molecule has 0 fully saturated rings. The van der Waals surface area contributed by atoms with Gasteiger partial charge in [-0.25, -0.2) is 0 Å². The van der Waals surface area contributed by atoms with Crippen molar-refractivity contribution in [2.24, 2.45) is 11.8 Å². The molecule has 2 aliphatic rings. The average molecular weight is 436 g/mol. The second-order valence-electron chi connectivity index (χ2n) is 8.24. The number of amides is 1. The molecule has 0 bridgehead atoms. The highest BCUT2D eigenvalue weighted by Crippen LogP contribution is 2.39. The smallest absolute Gasteiger partial charge is 0.396 e. The van der Waals surface area contributed by atoms with Crippen molar-refractivity contribution in [1.82, 2.24) is 5.32 Å². The van der Waals surface area contributed by atoms with Crippen LogP contribution in [0, 0.1) is 17.2 Å². The van der Waals surface area contributed by atoms with Crippen LogP contribution >= 0.6 is 0 Å². The molecule has 8 heteroatoms. The van der Waals surface area contributed by atoms with Gasteiger partial charge in [-0.05, 0) is 41.2 Å². The first-order valence-corrected chi connectivity index (χ1v) is 10.3. The van der Waals surface area contributed by atoms with Gasteiger partial charge in [0, 0.05) is 25.6 Å². The number of hydrogen-bond acceptors (Lipinski definition) is 4. The van der Waals surface area contributed by atoms with Gasteiger partial charge in [0.1, 0.15) is 5.75 Å². The summed E-state index contributed by atoms with van der Waals surface area (Å²) < 4.78 is 51.3. The fourth-order valence-electron chi connectivity index (χ4n) is 3.71. The third-order valence-corrected chi connectivity index (χ3v) is 5.32. The summed E-state index contributed by atoms with van der Waals surface area (Å²) in [6.07, 6.45) is -1.23. The first-order chi connectivity index (χ1) is 14.7. The molecule has 2 unspecified atom stereocenters. The maximum Gasteiger partial charge on any atom is 0.396 e. The van der Waals surface area contributed by atoms with Crippen LogP contribution in [-0.4, -0.2) is 31.0 Å². The summed E-state index contributed by atoms with van der Waals surface area (Å²) in [7, 11) is 0. The van der Waals surface area contributed by atoms with E-state index in [0.29, 0.717) is 25.8 Å². The minimum atomic E-state index is -4.49. The lowest BCUT2D eigenvalue weighted by Gasteiger charge is -2.28. The third kappa shape index (κ3) is 5.89. The maximum atomic E-state index is 13.3. The van der Waals surface area contributed by atoms with Crippen LogP contribution in [0.4, 0.5) is 13.2 Å². The first kappa shape index (κ1) is 22.9. The summed E-state index contributed by atoms with van der Waals surface area (Å²) in [5, 5.41) is 10.1. The molecule has 1 amide bonds. The van der Waals surface area contributed by atoms with E-state index in [9.17, 15) is 18.0 Å². The Morgan fingerprint density at radius 1 is 1.35 bits per heavy atom. The monoisotopic (exact) mass is 436 g/mol. The number of benzene rings is 1. The van der Waals surface area contributed by atoms with Crippen LogP contribution in [0.3, 0.4) is 0 Å². The summed E-state index contributed by atoms with van der Waals surface area (Å²) in [6, 6.07) is 5.75. The lowest BCUT2D eigenvalue weighted by molar-refractivity contribution is -0.165. The molecule has 2 atom stereocenters. The molecule has 0 aromatic heterocycles. The van der Waals surface area contributed by atoms with Crippen molar-refractivity contribution in [3.63, 3.8) is 0 Å². The number of nitrogens with one attached hydrogen (secondary N) is 2. The highest BCUT2D eigenvalue weighted by atomic mass is 19.4. The summed E-state index contributed by atoms with van der Waals surface area (Å²) >= 11 is 0. The lowest BCUT2D eigenvalue weighted by Crippen LogP contribution is -2.37. The van der Waals surface area contributed by atoms with Gasteiger partial charge >= 0.3 is 6.18 Å². The van der Waals surface area contributed by atoms with Gasteiger partial charge in [0.2, 0.25) is 0 Å². The van der Waals surface area contributed by atoms with E-state index in [-0.39, 0.29) is 23.2 Å². The van der Waals surface area contributed by atoms with Crippen LogP contribution in [-0.2, 0) is 22.5 Å². The Labute approximate surface area is 179 Å². The van der Waals surface area contributed by atoms with E-state index in [1.54, 1.807) is 0 Å². The van der Waals surface area contributed by atoms with Crippen molar-refractivity contribution in [1.29, 1.82) is 5.41 Å². The van der Waals surface area contributed by atoms with Gasteiger partial charge in [-0.15, -0.1) is 0 Å². The third-order valence-electron chi connectivity index (χ3n) is 5.32. The highest BCUT2D eigenvalue weighted by Gasteiger charge is 2.43. The van der Waals surface area contributed by atoms with E-state index in [0.717, 1.165) is 23.3 Å². The van der Waals surface area contributed by atoms with Crippen molar-refractivity contribution >= 4 is 12.1 Å². The fraction of sp³-hybridized carbons (Fsp3) is 0.478. The Bertz CT molecular complexity index is 891. The molecule has 3 rings (SSSR count). The SMILES string of the molecule is CC(C)CC(OC1=CC=C(C=N)C(C(F)(F)F)C1)C(=O)NCc1ccc2c(c1)CCO2. The predicted molar refractivity (Wildman–Crippen MR) is 111 cm³/mol. The summed E-state index contributed by atoms with van der Waals surface area (Å²) in [4.78, 5) is 12.8. The molecule has 0 saturated heterocycles. The number of ether oxygens (including phenoxy) is 2. The van der Waals surface area contributed by atoms with Crippen molar-refractivity contribution < 1.29 is 27.4 Å². The number of allylic oxidation sites excluding steroid dienone is 4. The van der Waals surface area contributed by atoms with Gasteiger partial charge in [-0.3, -0.25) is 4.79 Å². The Balaban J connectivity index is 1.67. The van der Waals surface area contributed by atoms with Gasteiger partial charge in [0.15, 0.2) is 6.10 Å². The fourth-order valence-corrected chi connectivity index (χ4v) is 3.71. The number of hydrogen-bond donors (Lipinski definition) is 2. The topological polar surface area (TPSA) is 71.4 Å². The quantitative estimate of drug-likeness (QED) is 0.580. The predicted octanol–water partition coefficient (Wildman–Crippen LogP) is 4.71. The number of carbonyl (C=O) groups excluding carboxylic acids is 1. The summed E-state index contributed by atoms with van der Waals surface area (Å²) in [6.45, 7) is 4.79. The minimum Gasteiger partial charge on any atom is -0.493 e. The molecule has 1 aromatic rings. The van der Waals surface area contributed by atoms with Crippen LogP contribution in [0.1, 0.15) is 37.8 Å². The van der Waals surface area contributed by atoms with Crippen LogP contribution in [0.25, 0.3) is 0 Å². The van der Waals surface area contributed by atoms with E-state index in [2.05, 4.69) is 5.32 Å². The Morgan fingerprint density at radius 2 is 2.13 bits per heavy atom. The van der Waals surface area contributed by atoms with E-state index in [1.165, 1.54) is 12.2 Å². The number of halogens is 3. The Morgan fingerprint density at radius 3 is 2.81 bits per heavy atom. The molecule has 1 heterocycles. The minimum absolute atomic E-state index is 0.100. The zero-order chi connectivity index (χ0) is 22.6. The number of carbonyl (C=O) groups is 1. The van der Waals surface area contributed by atoms with Gasteiger partial charge in [-0.1, -0.05) is 32.1 Å². The van der Waals surface area contributed by atoms with Gasteiger partial charge in [0.05, 0.1) is 18.3 Å². The van der Waals surface area contributed by atoms with Crippen LogP contribution in [0.5, 0.6) is 5.75 Å². The van der Waals surface area contributed by atoms with Crippen LogP contribution in [0.2, 0.25) is 0 Å². The molecule has 168 valence electrons. The molecule has 1 aliphatic heterocycles. The Kier molecular flexibility index (Phi) is 7.08. The van der Waals surface area contributed by atoms with E-state index in [4.69, 9.17) is 14.9 Å². The molecule has 0 spiro atoms. The van der Waals surface area contributed by atoms with Gasteiger partial charge in [0.25, 0.3) is 5.91 Å². The molecule has 5 nitrogen and oxygen atoms in total.